The Kier molecular flexibility index (Phi) is 6.56. The van der Waals surface area contributed by atoms with Crippen LogP contribution in [0.3, 0.4) is 0 Å². The lowest BCUT2D eigenvalue weighted by Crippen LogP contribution is -1.99. The molecule has 0 aliphatic carbocycles. The van der Waals surface area contributed by atoms with E-state index < -0.39 is 0 Å². The first kappa shape index (κ1) is 31.9. The molecule has 276 valence electrons. The molecule has 0 saturated carbocycles. The Hall–Kier alpha value is -8.23. The lowest BCUT2D eigenvalue weighted by Gasteiger charge is -2.18. The third-order valence-corrected chi connectivity index (χ3v) is 11.6. The number of nitrogens with zero attached hydrogens (tertiary/aromatic N) is 3. The summed E-state index contributed by atoms with van der Waals surface area (Å²) in [4.78, 5) is 18.3. The van der Waals surface area contributed by atoms with Gasteiger partial charge in [0.25, 0.3) is 0 Å². The summed E-state index contributed by atoms with van der Waals surface area (Å²) in [6.45, 7) is 0. The second-order valence-corrected chi connectivity index (χ2v) is 15.0. The van der Waals surface area contributed by atoms with Gasteiger partial charge < -0.3 is 18.8 Å². The third kappa shape index (κ3) is 4.74. The van der Waals surface area contributed by atoms with Crippen molar-refractivity contribution in [2.45, 2.75) is 0 Å². The number of para-hydroxylation sites is 7. The molecule has 0 saturated heterocycles. The van der Waals surface area contributed by atoms with Crippen LogP contribution in [-0.2, 0) is 0 Å². The van der Waals surface area contributed by atoms with Gasteiger partial charge in [0.1, 0.15) is 34.0 Å². The first-order valence-electron chi connectivity index (χ1n) is 19.6. The van der Waals surface area contributed by atoms with Gasteiger partial charge in [0.05, 0.1) is 39.0 Å². The molecule has 3 N–H and O–H groups in total. The molecular weight excluding hydrogens is 729 g/mol. The van der Waals surface area contributed by atoms with Crippen LogP contribution in [0.5, 0.6) is 0 Å². The first-order valence-corrected chi connectivity index (χ1v) is 19.6. The van der Waals surface area contributed by atoms with Gasteiger partial charge in [-0.2, -0.15) is 5.10 Å². The van der Waals surface area contributed by atoms with E-state index in [1.807, 2.05) is 66.7 Å². The van der Waals surface area contributed by atoms with E-state index in [1.165, 1.54) is 0 Å². The van der Waals surface area contributed by atoms with Crippen molar-refractivity contribution >= 4 is 76.6 Å². The summed E-state index contributed by atoms with van der Waals surface area (Å²) in [7, 11) is 0. The van der Waals surface area contributed by atoms with Crippen LogP contribution in [0.2, 0.25) is 0 Å². The van der Waals surface area contributed by atoms with Gasteiger partial charge in [0.15, 0.2) is 0 Å². The molecule has 0 bridgehead atoms. The van der Waals surface area contributed by atoms with Crippen molar-refractivity contribution in [2.24, 2.45) is 0 Å². The maximum absolute atomic E-state index is 7.40. The SMILES string of the molecule is c1ccc2nc(-c3c(-c4nc5ccccc5[nH]4)c(-c4cc5ccccc5o4)c4c(oc5c(-c6n[nH]c7ccccc67)cccc54)c3-c3cc4ccccc4[nH]3)ccc2c1. The lowest BCUT2D eigenvalue weighted by molar-refractivity contribution is 0.632. The molecule has 6 heterocycles. The number of hydrogen-bond donors (Lipinski definition) is 3. The van der Waals surface area contributed by atoms with Crippen LogP contribution in [0.1, 0.15) is 0 Å². The van der Waals surface area contributed by atoms with Gasteiger partial charge in [-0.3, -0.25) is 5.10 Å². The molecule has 0 fully saturated rings. The molecule has 59 heavy (non-hydrogen) atoms. The standard InChI is InChI=1S/C51H30N6O2/c1-5-18-34-28(12-1)24-25-39(52-34)44-45(40-26-29-13-2-6-19-35(29)53-40)50-43(32-16-11-17-33(49(32)59-50)48-31-15-4-7-20-36(31)56-57-48)46(42-27-30-14-3-10-23-41(30)58-42)47(44)51-54-37-21-8-9-22-38(37)55-51/h1-27,53H,(H,54,55)(H,56,57). The maximum Gasteiger partial charge on any atom is 0.146 e. The van der Waals surface area contributed by atoms with E-state index in [9.17, 15) is 0 Å². The summed E-state index contributed by atoms with van der Waals surface area (Å²) in [5, 5.41) is 14.1. The summed E-state index contributed by atoms with van der Waals surface area (Å²) >= 11 is 0. The van der Waals surface area contributed by atoms with Crippen LogP contribution in [0.15, 0.2) is 173 Å². The van der Waals surface area contributed by atoms with E-state index in [4.69, 9.17) is 23.9 Å². The zero-order valence-corrected chi connectivity index (χ0v) is 31.2. The molecule has 7 aromatic carbocycles. The monoisotopic (exact) mass is 758 g/mol. The Morgan fingerprint density at radius 2 is 1.20 bits per heavy atom. The summed E-state index contributed by atoms with van der Waals surface area (Å²) in [5.74, 6) is 1.38. The number of imidazole rings is 1. The highest BCUT2D eigenvalue weighted by atomic mass is 16.3. The van der Waals surface area contributed by atoms with Crippen LogP contribution < -0.4 is 0 Å². The highest BCUT2D eigenvalue weighted by Gasteiger charge is 2.33. The largest absolute Gasteiger partial charge is 0.456 e. The number of hydrogen-bond acceptors (Lipinski definition) is 5. The van der Waals surface area contributed by atoms with Gasteiger partial charge in [-0.15, -0.1) is 0 Å². The van der Waals surface area contributed by atoms with Gasteiger partial charge in [-0.25, -0.2) is 9.97 Å². The molecular formula is C51H30N6O2. The Morgan fingerprint density at radius 1 is 0.458 bits per heavy atom. The van der Waals surface area contributed by atoms with Crippen molar-refractivity contribution in [1.29, 1.82) is 0 Å². The topological polar surface area (TPSA) is 112 Å². The van der Waals surface area contributed by atoms with Crippen LogP contribution in [0, 0.1) is 0 Å². The zero-order valence-electron chi connectivity index (χ0n) is 31.2. The minimum absolute atomic E-state index is 0.690. The number of H-pyrrole nitrogens is 3. The number of aromatic nitrogens is 6. The van der Waals surface area contributed by atoms with Gasteiger partial charge in [-0.05, 0) is 60.7 Å². The van der Waals surface area contributed by atoms with Crippen LogP contribution >= 0.6 is 0 Å². The number of aromatic amines is 3. The average molecular weight is 759 g/mol. The molecule has 0 atom stereocenters. The minimum Gasteiger partial charge on any atom is -0.456 e. The second kappa shape index (κ2) is 12.1. The van der Waals surface area contributed by atoms with Crippen LogP contribution in [0.25, 0.3) is 133 Å². The molecule has 0 radical (unpaired) electrons. The van der Waals surface area contributed by atoms with E-state index in [0.717, 1.165) is 110 Å². The van der Waals surface area contributed by atoms with Gasteiger partial charge in [0, 0.05) is 60.1 Å². The predicted octanol–water partition coefficient (Wildman–Crippen LogP) is 13.4. The molecule has 0 unspecified atom stereocenters. The maximum atomic E-state index is 7.40. The summed E-state index contributed by atoms with van der Waals surface area (Å²) in [6.07, 6.45) is 0. The molecule has 0 spiro atoms. The van der Waals surface area contributed by atoms with Crippen LogP contribution in [-0.4, -0.2) is 30.1 Å². The summed E-state index contributed by atoms with van der Waals surface area (Å²) in [6, 6.07) is 55.9. The van der Waals surface area contributed by atoms with Crippen molar-refractivity contribution in [3.8, 4) is 56.5 Å². The Morgan fingerprint density at radius 3 is 2.07 bits per heavy atom. The third-order valence-electron chi connectivity index (χ3n) is 11.6. The van der Waals surface area contributed by atoms with Crippen molar-refractivity contribution in [2.75, 3.05) is 0 Å². The molecule has 0 amide bonds. The van der Waals surface area contributed by atoms with Gasteiger partial charge in [-0.1, -0.05) is 103 Å². The van der Waals surface area contributed by atoms with Crippen LogP contribution in [0.4, 0.5) is 0 Å². The highest BCUT2D eigenvalue weighted by Crippen LogP contribution is 2.54. The number of furan rings is 2. The summed E-state index contributed by atoms with van der Waals surface area (Å²) in [5.41, 5.74) is 13.6. The van der Waals surface area contributed by atoms with Gasteiger partial charge >= 0.3 is 0 Å². The number of pyridine rings is 1. The zero-order chi connectivity index (χ0) is 38.6. The van der Waals surface area contributed by atoms with E-state index in [-0.39, 0.29) is 0 Å². The van der Waals surface area contributed by atoms with Gasteiger partial charge in [0.2, 0.25) is 0 Å². The number of nitrogens with one attached hydrogen (secondary N) is 3. The number of rotatable bonds is 5. The Labute approximate surface area is 334 Å². The smallest absolute Gasteiger partial charge is 0.146 e. The van der Waals surface area contributed by atoms with E-state index in [0.29, 0.717) is 22.8 Å². The Balaban J connectivity index is 1.28. The first-order chi connectivity index (χ1) is 29.2. The molecule has 0 aliphatic rings. The van der Waals surface area contributed by atoms with E-state index in [1.54, 1.807) is 0 Å². The molecule has 8 heteroatoms. The molecule has 13 aromatic rings. The molecule has 0 aliphatic heterocycles. The van der Waals surface area contributed by atoms with Crippen molar-refractivity contribution < 1.29 is 8.83 Å². The molecule has 6 aromatic heterocycles. The van der Waals surface area contributed by atoms with Crippen molar-refractivity contribution in [3.05, 3.63) is 164 Å². The van der Waals surface area contributed by atoms with E-state index >= 15 is 0 Å². The second-order valence-electron chi connectivity index (χ2n) is 15.0. The lowest BCUT2D eigenvalue weighted by atomic mass is 9.86. The molecule has 8 nitrogen and oxygen atoms in total. The highest BCUT2D eigenvalue weighted by molar-refractivity contribution is 6.25. The fourth-order valence-electron chi connectivity index (χ4n) is 8.97. The van der Waals surface area contributed by atoms with Crippen molar-refractivity contribution in [3.63, 3.8) is 0 Å². The Bertz CT molecular complexity index is 3720. The normalized spacial score (nSPS) is 12.1. The minimum atomic E-state index is 0.690. The van der Waals surface area contributed by atoms with E-state index in [2.05, 4.69) is 112 Å². The number of benzene rings is 7. The summed E-state index contributed by atoms with van der Waals surface area (Å²) < 4.78 is 14.3. The fourth-order valence-corrected chi connectivity index (χ4v) is 8.97. The number of fused-ring (bicyclic) bond motifs is 8. The predicted molar refractivity (Wildman–Crippen MR) is 237 cm³/mol. The quantitative estimate of drug-likeness (QED) is 0.162. The fraction of sp³-hybridized carbons (Fsp3) is 0. The average Bonchev–Trinajstić information content (AvgIpc) is 4.13. The molecule has 13 rings (SSSR count). The van der Waals surface area contributed by atoms with Crippen molar-refractivity contribution in [1.82, 2.24) is 30.1 Å².